The molecule has 0 bridgehead atoms. The van der Waals surface area contributed by atoms with Crippen LogP contribution < -0.4 is 4.90 Å². The second-order valence-electron chi connectivity index (χ2n) is 4.34. The van der Waals surface area contributed by atoms with E-state index in [2.05, 4.69) is 4.98 Å². The number of hydrogen-bond acceptors (Lipinski definition) is 4. The smallest absolute Gasteiger partial charge is 0.276 e. The Balaban J connectivity index is 2.46. The summed E-state index contributed by atoms with van der Waals surface area (Å²) in [5.41, 5.74) is 2.00. The van der Waals surface area contributed by atoms with Gasteiger partial charge in [0.25, 0.3) is 5.69 Å². The van der Waals surface area contributed by atoms with Crippen LogP contribution in [0.3, 0.4) is 0 Å². The Morgan fingerprint density at radius 1 is 1.30 bits per heavy atom. The number of halogens is 1. The molecule has 0 atom stereocenters. The average molecular weight is 292 g/mol. The van der Waals surface area contributed by atoms with Crippen molar-refractivity contribution in [2.75, 3.05) is 11.4 Å². The highest BCUT2D eigenvalue weighted by atomic mass is 35.5. The molecular weight excluding hydrogens is 278 g/mol. The van der Waals surface area contributed by atoms with E-state index >= 15 is 0 Å². The first kappa shape index (κ1) is 14.3. The van der Waals surface area contributed by atoms with Gasteiger partial charge in [-0.15, -0.1) is 0 Å². The molecule has 6 heteroatoms. The lowest BCUT2D eigenvalue weighted by molar-refractivity contribution is -0.384. The number of aryl methyl sites for hydroxylation is 1. The van der Waals surface area contributed by atoms with E-state index in [4.69, 9.17) is 11.6 Å². The van der Waals surface area contributed by atoms with Gasteiger partial charge < -0.3 is 4.90 Å². The summed E-state index contributed by atoms with van der Waals surface area (Å²) < 4.78 is 0. The van der Waals surface area contributed by atoms with E-state index in [0.717, 1.165) is 11.3 Å². The minimum Gasteiger partial charge on any atom is -0.326 e. The van der Waals surface area contributed by atoms with Gasteiger partial charge in [-0.3, -0.25) is 10.1 Å². The number of pyridine rings is 1. The van der Waals surface area contributed by atoms with E-state index in [1.54, 1.807) is 0 Å². The van der Waals surface area contributed by atoms with E-state index in [1.807, 2.05) is 43.0 Å². The summed E-state index contributed by atoms with van der Waals surface area (Å²) in [7, 11) is 0. The quantitative estimate of drug-likeness (QED) is 0.483. The second-order valence-corrected chi connectivity index (χ2v) is 4.73. The predicted octanol–water partition coefficient (Wildman–Crippen LogP) is 4.11. The molecule has 0 radical (unpaired) electrons. The predicted molar refractivity (Wildman–Crippen MR) is 79.8 cm³/mol. The zero-order chi connectivity index (χ0) is 14.7. The van der Waals surface area contributed by atoms with Crippen LogP contribution in [0.1, 0.15) is 12.5 Å². The van der Waals surface area contributed by atoms with E-state index in [-0.39, 0.29) is 10.8 Å². The third-order valence-electron chi connectivity index (χ3n) is 2.91. The molecular formula is C14H14ClN3O2. The van der Waals surface area contributed by atoms with Gasteiger partial charge in [-0.05, 0) is 26.0 Å². The Morgan fingerprint density at radius 3 is 2.50 bits per heavy atom. The summed E-state index contributed by atoms with van der Waals surface area (Å²) >= 11 is 5.87. The van der Waals surface area contributed by atoms with Crippen molar-refractivity contribution in [2.45, 2.75) is 13.8 Å². The average Bonchev–Trinajstić information content (AvgIpc) is 2.41. The van der Waals surface area contributed by atoms with Crippen LogP contribution in [0.5, 0.6) is 0 Å². The highest BCUT2D eigenvalue weighted by Gasteiger charge is 2.15. The molecule has 0 saturated carbocycles. The van der Waals surface area contributed by atoms with Gasteiger partial charge in [0.1, 0.15) is 11.0 Å². The Bertz CT molecular complexity index is 629. The monoisotopic (exact) mass is 291 g/mol. The molecule has 0 spiro atoms. The summed E-state index contributed by atoms with van der Waals surface area (Å²) in [6.07, 6.45) is 0. The van der Waals surface area contributed by atoms with Gasteiger partial charge in [0.15, 0.2) is 0 Å². The molecule has 0 aliphatic heterocycles. The fraction of sp³-hybridized carbons (Fsp3) is 0.214. The number of nitrogens with zero attached hydrogens (tertiary/aromatic N) is 3. The minimum absolute atomic E-state index is 0.0643. The molecule has 0 saturated heterocycles. The first-order valence-electron chi connectivity index (χ1n) is 6.17. The summed E-state index contributed by atoms with van der Waals surface area (Å²) in [5, 5.41) is 11.0. The lowest BCUT2D eigenvalue weighted by Crippen LogP contribution is -2.17. The highest BCUT2D eigenvalue weighted by Crippen LogP contribution is 2.28. The van der Waals surface area contributed by atoms with Crippen LogP contribution >= 0.6 is 11.6 Å². The van der Waals surface area contributed by atoms with E-state index in [9.17, 15) is 10.1 Å². The van der Waals surface area contributed by atoms with E-state index in [0.29, 0.717) is 12.4 Å². The molecule has 0 aliphatic rings. The molecule has 0 fully saturated rings. The van der Waals surface area contributed by atoms with Crippen LogP contribution in [0, 0.1) is 17.0 Å². The van der Waals surface area contributed by atoms with Gasteiger partial charge in [0, 0.05) is 12.2 Å². The molecule has 0 N–H and O–H groups in total. The molecule has 5 nitrogen and oxygen atoms in total. The SMILES string of the molecule is CCN(c1ccc(C)cc1)c1cc([N+](=O)[O-])cc(Cl)n1. The zero-order valence-corrected chi connectivity index (χ0v) is 12.0. The maximum absolute atomic E-state index is 10.9. The fourth-order valence-electron chi connectivity index (χ4n) is 1.92. The molecule has 0 amide bonds. The molecule has 104 valence electrons. The Labute approximate surface area is 122 Å². The molecule has 2 aromatic rings. The maximum Gasteiger partial charge on any atom is 0.276 e. The van der Waals surface area contributed by atoms with Crippen LogP contribution in [-0.4, -0.2) is 16.5 Å². The van der Waals surface area contributed by atoms with Crippen LogP contribution in [-0.2, 0) is 0 Å². The third-order valence-corrected chi connectivity index (χ3v) is 3.11. The van der Waals surface area contributed by atoms with Crippen molar-refractivity contribution in [1.29, 1.82) is 0 Å². The van der Waals surface area contributed by atoms with Gasteiger partial charge in [-0.2, -0.15) is 0 Å². The Kier molecular flexibility index (Phi) is 4.20. The Hall–Kier alpha value is -2.14. The van der Waals surface area contributed by atoms with Gasteiger partial charge >= 0.3 is 0 Å². The number of nitro groups is 1. The summed E-state index contributed by atoms with van der Waals surface area (Å²) in [4.78, 5) is 16.5. The normalized spacial score (nSPS) is 10.3. The first-order valence-corrected chi connectivity index (χ1v) is 6.55. The van der Waals surface area contributed by atoms with Crippen molar-refractivity contribution >= 4 is 28.8 Å². The lowest BCUT2D eigenvalue weighted by atomic mass is 10.2. The van der Waals surface area contributed by atoms with Crippen molar-refractivity contribution in [1.82, 2.24) is 4.98 Å². The first-order chi connectivity index (χ1) is 9.51. The second kappa shape index (κ2) is 5.88. The van der Waals surface area contributed by atoms with Gasteiger partial charge in [0.05, 0.1) is 17.1 Å². The maximum atomic E-state index is 10.9. The number of anilines is 2. The van der Waals surface area contributed by atoms with Gasteiger partial charge in [0.2, 0.25) is 0 Å². The number of aromatic nitrogens is 1. The van der Waals surface area contributed by atoms with Crippen LogP contribution in [0.25, 0.3) is 0 Å². The molecule has 1 heterocycles. The zero-order valence-electron chi connectivity index (χ0n) is 11.2. The molecule has 2 rings (SSSR count). The third kappa shape index (κ3) is 3.05. The van der Waals surface area contributed by atoms with E-state index in [1.165, 1.54) is 12.1 Å². The molecule has 0 aliphatic carbocycles. The number of hydrogen-bond donors (Lipinski definition) is 0. The van der Waals surface area contributed by atoms with Gasteiger partial charge in [-0.1, -0.05) is 29.3 Å². The van der Waals surface area contributed by atoms with E-state index < -0.39 is 4.92 Å². The highest BCUT2D eigenvalue weighted by molar-refractivity contribution is 6.29. The summed E-state index contributed by atoms with van der Waals surface area (Å²) in [6.45, 7) is 4.59. The summed E-state index contributed by atoms with van der Waals surface area (Å²) in [6, 6.07) is 10.5. The Morgan fingerprint density at radius 2 is 1.95 bits per heavy atom. The summed E-state index contributed by atoms with van der Waals surface area (Å²) in [5.74, 6) is 0.468. The van der Waals surface area contributed by atoms with Crippen molar-refractivity contribution in [3.63, 3.8) is 0 Å². The van der Waals surface area contributed by atoms with Crippen molar-refractivity contribution < 1.29 is 4.92 Å². The minimum atomic E-state index is -0.472. The topological polar surface area (TPSA) is 59.3 Å². The van der Waals surface area contributed by atoms with Crippen LogP contribution in [0.2, 0.25) is 5.15 Å². The molecule has 1 aromatic carbocycles. The van der Waals surface area contributed by atoms with Crippen molar-refractivity contribution in [3.8, 4) is 0 Å². The lowest BCUT2D eigenvalue weighted by Gasteiger charge is -2.22. The van der Waals surface area contributed by atoms with Crippen LogP contribution in [0.4, 0.5) is 17.2 Å². The molecule has 0 unspecified atom stereocenters. The molecule has 20 heavy (non-hydrogen) atoms. The van der Waals surface area contributed by atoms with Crippen molar-refractivity contribution in [2.24, 2.45) is 0 Å². The number of rotatable bonds is 4. The fourth-order valence-corrected chi connectivity index (χ4v) is 2.11. The van der Waals surface area contributed by atoms with Crippen molar-refractivity contribution in [3.05, 3.63) is 57.2 Å². The standard InChI is InChI=1S/C14H14ClN3O2/c1-3-17(11-6-4-10(2)5-7-11)14-9-12(18(19)20)8-13(15)16-14/h4-9H,3H2,1-2H3. The van der Waals surface area contributed by atoms with Gasteiger partial charge in [-0.25, -0.2) is 4.98 Å². The number of benzene rings is 1. The van der Waals surface area contributed by atoms with Crippen LogP contribution in [0.15, 0.2) is 36.4 Å². The largest absolute Gasteiger partial charge is 0.326 e. The molecule has 1 aromatic heterocycles.